The summed E-state index contributed by atoms with van der Waals surface area (Å²) in [5, 5.41) is 11.1. The van der Waals surface area contributed by atoms with Crippen molar-refractivity contribution < 1.29 is 9.90 Å². The summed E-state index contributed by atoms with van der Waals surface area (Å²) in [5.41, 5.74) is 2.13. The Morgan fingerprint density at radius 2 is 1.93 bits per heavy atom. The van der Waals surface area contributed by atoms with Crippen LogP contribution < -0.4 is 0 Å². The average Bonchev–Trinajstić information content (AvgIpc) is 3.29. The van der Waals surface area contributed by atoms with Crippen LogP contribution in [0.4, 0.5) is 0 Å². The zero-order valence-electron chi connectivity index (χ0n) is 14.9. The number of nitrogens with zero attached hydrogens (tertiary/aromatic N) is 2. The number of pyridine rings is 1. The first-order valence-corrected chi connectivity index (χ1v) is 9.45. The van der Waals surface area contributed by atoms with E-state index in [1.54, 1.807) is 29.5 Å². The number of carbonyl (C=O) groups is 1. The minimum atomic E-state index is -0.716. The first-order valence-electron chi connectivity index (χ1n) is 8.64. The normalized spacial score (nSPS) is 20.4. The molecule has 1 aromatic carbocycles. The van der Waals surface area contributed by atoms with E-state index in [0.29, 0.717) is 6.42 Å². The van der Waals surface area contributed by atoms with Crippen molar-refractivity contribution in [2.24, 2.45) is 0 Å². The second-order valence-electron chi connectivity index (χ2n) is 6.61. The Labute approximate surface area is 168 Å². The van der Waals surface area contributed by atoms with Crippen LogP contribution in [0.5, 0.6) is 0 Å². The quantitative estimate of drug-likeness (QED) is 0.711. The van der Waals surface area contributed by atoms with Gasteiger partial charge in [0.05, 0.1) is 6.04 Å². The van der Waals surface area contributed by atoms with Crippen molar-refractivity contribution in [1.29, 1.82) is 0 Å². The second kappa shape index (κ2) is 8.21. The molecule has 0 unspecified atom stereocenters. The topological polar surface area (TPSA) is 53.4 Å². The first-order chi connectivity index (χ1) is 12.6. The summed E-state index contributed by atoms with van der Waals surface area (Å²) >= 11 is 1.55. The zero-order chi connectivity index (χ0) is 18.1. The average molecular weight is 401 g/mol. The van der Waals surface area contributed by atoms with E-state index in [1.807, 2.05) is 60.8 Å². The van der Waals surface area contributed by atoms with Gasteiger partial charge >= 0.3 is 0 Å². The lowest BCUT2D eigenvalue weighted by Gasteiger charge is -2.29. The first kappa shape index (κ1) is 19.5. The van der Waals surface area contributed by atoms with E-state index < -0.39 is 6.10 Å². The lowest BCUT2D eigenvalue weighted by Crippen LogP contribution is -2.36. The summed E-state index contributed by atoms with van der Waals surface area (Å²) in [6.07, 6.45) is 3.28. The summed E-state index contributed by atoms with van der Waals surface area (Å²) in [5.74, 6) is 0.0691. The van der Waals surface area contributed by atoms with Crippen LogP contribution in [0.2, 0.25) is 0 Å². The molecule has 1 aliphatic heterocycles. The van der Waals surface area contributed by atoms with Crippen molar-refractivity contribution in [2.75, 3.05) is 7.05 Å². The summed E-state index contributed by atoms with van der Waals surface area (Å²) in [4.78, 5) is 20.1. The van der Waals surface area contributed by atoms with Crippen molar-refractivity contribution in [1.82, 2.24) is 9.88 Å². The molecular formula is C21H21ClN2O2S. The van der Waals surface area contributed by atoms with E-state index in [0.717, 1.165) is 20.9 Å². The molecule has 1 amide bonds. The number of aliphatic hydroxyl groups is 1. The van der Waals surface area contributed by atoms with Crippen LogP contribution in [0.15, 0.2) is 67.0 Å². The Bertz CT molecular complexity index is 901. The van der Waals surface area contributed by atoms with Crippen LogP contribution in [0.3, 0.4) is 0 Å². The zero-order valence-corrected chi connectivity index (χ0v) is 16.5. The fraction of sp³-hybridized carbons (Fsp3) is 0.238. The van der Waals surface area contributed by atoms with Gasteiger partial charge in [0, 0.05) is 47.1 Å². The second-order valence-corrected chi connectivity index (χ2v) is 7.72. The SMILES string of the molecule is CN1C(=O)C[C@H](c2ccccc2)[C@@H]1[C@H](O)c1ccc(-c2cccnc2)s1.Cl. The van der Waals surface area contributed by atoms with Crippen molar-refractivity contribution in [2.45, 2.75) is 24.5 Å². The molecule has 0 radical (unpaired) electrons. The monoisotopic (exact) mass is 400 g/mol. The van der Waals surface area contributed by atoms with Gasteiger partial charge in [-0.05, 0) is 23.8 Å². The molecule has 0 spiro atoms. The van der Waals surface area contributed by atoms with E-state index in [9.17, 15) is 9.90 Å². The molecule has 3 heterocycles. The van der Waals surface area contributed by atoms with E-state index in [-0.39, 0.29) is 30.3 Å². The molecule has 1 aliphatic rings. The number of hydrogen-bond acceptors (Lipinski definition) is 4. The van der Waals surface area contributed by atoms with Crippen LogP contribution in [0.1, 0.15) is 28.9 Å². The maximum atomic E-state index is 12.3. The molecule has 3 atom stereocenters. The fourth-order valence-electron chi connectivity index (χ4n) is 3.68. The summed E-state index contributed by atoms with van der Waals surface area (Å²) in [6, 6.07) is 17.6. The van der Waals surface area contributed by atoms with Gasteiger partial charge < -0.3 is 10.0 Å². The molecule has 0 saturated carbocycles. The number of amides is 1. The molecule has 1 fully saturated rings. The highest BCUT2D eigenvalue weighted by molar-refractivity contribution is 7.15. The Morgan fingerprint density at radius 3 is 2.63 bits per heavy atom. The third kappa shape index (κ3) is 3.76. The molecule has 6 heteroatoms. The Balaban J connectivity index is 0.00000210. The number of aliphatic hydroxyl groups excluding tert-OH is 1. The summed E-state index contributed by atoms with van der Waals surface area (Å²) in [7, 11) is 1.79. The number of likely N-dealkylation sites (N-methyl/N-ethyl adjacent to an activating group) is 1. The minimum Gasteiger partial charge on any atom is -0.385 e. The molecule has 3 aromatic rings. The van der Waals surface area contributed by atoms with Gasteiger partial charge in [0.1, 0.15) is 6.10 Å². The molecule has 27 heavy (non-hydrogen) atoms. The third-order valence-electron chi connectivity index (χ3n) is 5.06. The van der Waals surface area contributed by atoms with Gasteiger partial charge in [0.2, 0.25) is 5.91 Å². The maximum absolute atomic E-state index is 12.3. The standard InChI is InChI=1S/C21H20N2O2S.ClH/c1-23-19(24)12-16(14-6-3-2-4-7-14)20(23)21(25)18-10-9-17(26-18)15-8-5-11-22-13-15;/h2-11,13,16,20-21,25H,12H2,1H3;1H/t16-,20-,21-;/m1./s1. The molecule has 0 bridgehead atoms. The predicted octanol–water partition coefficient (Wildman–Crippen LogP) is 4.28. The fourth-order valence-corrected chi connectivity index (χ4v) is 4.70. The van der Waals surface area contributed by atoms with Crippen molar-refractivity contribution >= 4 is 29.7 Å². The number of likely N-dealkylation sites (tertiary alicyclic amines) is 1. The third-order valence-corrected chi connectivity index (χ3v) is 6.27. The lowest BCUT2D eigenvalue weighted by molar-refractivity contribution is -0.128. The highest BCUT2D eigenvalue weighted by Gasteiger charge is 2.43. The van der Waals surface area contributed by atoms with E-state index in [1.165, 1.54) is 0 Å². The number of hydrogen-bond donors (Lipinski definition) is 1. The van der Waals surface area contributed by atoms with Crippen molar-refractivity contribution in [3.63, 3.8) is 0 Å². The van der Waals surface area contributed by atoms with E-state index in [4.69, 9.17) is 0 Å². The number of carbonyl (C=O) groups excluding carboxylic acids is 1. The van der Waals surface area contributed by atoms with E-state index >= 15 is 0 Å². The number of benzene rings is 1. The maximum Gasteiger partial charge on any atom is 0.223 e. The highest BCUT2D eigenvalue weighted by atomic mass is 35.5. The van der Waals surface area contributed by atoms with Crippen LogP contribution in [0, 0.1) is 0 Å². The molecule has 2 aromatic heterocycles. The molecular weight excluding hydrogens is 380 g/mol. The molecule has 4 nitrogen and oxygen atoms in total. The molecule has 0 aliphatic carbocycles. The Morgan fingerprint density at radius 1 is 1.15 bits per heavy atom. The van der Waals surface area contributed by atoms with Gasteiger partial charge in [-0.1, -0.05) is 36.4 Å². The smallest absolute Gasteiger partial charge is 0.223 e. The van der Waals surface area contributed by atoms with Crippen molar-refractivity contribution in [3.05, 3.63) is 77.4 Å². The number of thiophene rings is 1. The molecule has 1 saturated heterocycles. The van der Waals surface area contributed by atoms with E-state index in [2.05, 4.69) is 4.98 Å². The van der Waals surface area contributed by atoms with Crippen LogP contribution in [0.25, 0.3) is 10.4 Å². The minimum absolute atomic E-state index is 0. The molecule has 1 N–H and O–H groups in total. The van der Waals surface area contributed by atoms with Gasteiger partial charge in [-0.25, -0.2) is 0 Å². The Kier molecular flexibility index (Phi) is 5.95. The van der Waals surface area contributed by atoms with Crippen molar-refractivity contribution in [3.8, 4) is 10.4 Å². The largest absolute Gasteiger partial charge is 0.385 e. The van der Waals surface area contributed by atoms with Gasteiger partial charge in [0.25, 0.3) is 0 Å². The van der Waals surface area contributed by atoms with Gasteiger partial charge in [-0.3, -0.25) is 9.78 Å². The van der Waals surface area contributed by atoms with Gasteiger partial charge in [-0.15, -0.1) is 23.7 Å². The predicted molar refractivity (Wildman–Crippen MR) is 110 cm³/mol. The molecule has 4 rings (SSSR count). The summed E-state index contributed by atoms with van der Waals surface area (Å²) < 4.78 is 0. The summed E-state index contributed by atoms with van der Waals surface area (Å²) in [6.45, 7) is 0. The lowest BCUT2D eigenvalue weighted by atomic mass is 9.88. The number of rotatable bonds is 4. The van der Waals surface area contributed by atoms with Crippen LogP contribution in [-0.4, -0.2) is 34.0 Å². The number of halogens is 1. The molecule has 140 valence electrons. The Hall–Kier alpha value is -2.21. The van der Waals surface area contributed by atoms with Gasteiger partial charge in [-0.2, -0.15) is 0 Å². The highest BCUT2D eigenvalue weighted by Crippen LogP contribution is 2.42. The number of aromatic nitrogens is 1. The van der Waals surface area contributed by atoms with Crippen LogP contribution in [-0.2, 0) is 4.79 Å². The van der Waals surface area contributed by atoms with Crippen LogP contribution >= 0.6 is 23.7 Å². The van der Waals surface area contributed by atoms with Gasteiger partial charge in [0.15, 0.2) is 0 Å².